The van der Waals surface area contributed by atoms with Crippen molar-refractivity contribution in [3.05, 3.63) is 28.7 Å². The van der Waals surface area contributed by atoms with Gasteiger partial charge in [-0.25, -0.2) is 8.42 Å². The highest BCUT2D eigenvalue weighted by Gasteiger charge is 2.34. The molecule has 0 amide bonds. The van der Waals surface area contributed by atoms with E-state index >= 15 is 0 Å². The molecule has 19 heavy (non-hydrogen) atoms. The Kier molecular flexibility index (Phi) is 4.69. The van der Waals surface area contributed by atoms with Gasteiger partial charge >= 0.3 is 0 Å². The zero-order valence-electron chi connectivity index (χ0n) is 11.3. The summed E-state index contributed by atoms with van der Waals surface area (Å²) in [5.41, 5.74) is 0. The molecule has 1 saturated carbocycles. The van der Waals surface area contributed by atoms with Crippen LogP contribution in [0.25, 0.3) is 0 Å². The average Bonchev–Trinajstić information content (AvgIpc) is 2.82. The van der Waals surface area contributed by atoms with Crippen LogP contribution in [0.15, 0.2) is 33.6 Å². The second-order valence-electron chi connectivity index (χ2n) is 5.32. The monoisotopic (exact) mass is 345 g/mol. The predicted molar refractivity (Wildman–Crippen MR) is 80.6 cm³/mol. The molecule has 0 spiro atoms. The van der Waals surface area contributed by atoms with Gasteiger partial charge in [0, 0.05) is 16.6 Å². The minimum Gasteiger partial charge on any atom is -0.207 e. The Morgan fingerprint density at radius 3 is 2.16 bits per heavy atom. The molecule has 0 saturated heterocycles. The molecule has 1 aliphatic rings. The highest BCUT2D eigenvalue weighted by Crippen LogP contribution is 2.30. The molecule has 1 fully saturated rings. The largest absolute Gasteiger partial charge is 0.243 e. The molecule has 2 rings (SSSR count). The smallest absolute Gasteiger partial charge is 0.207 e. The lowest BCUT2D eigenvalue weighted by molar-refractivity contribution is 0.275. The maximum absolute atomic E-state index is 12.8. The number of benzene rings is 1. The molecule has 1 aliphatic carbocycles. The summed E-state index contributed by atoms with van der Waals surface area (Å²) in [5, 5.41) is 0. The van der Waals surface area contributed by atoms with Gasteiger partial charge < -0.3 is 0 Å². The Balaban J connectivity index is 2.36. The first kappa shape index (κ1) is 15.0. The highest BCUT2D eigenvalue weighted by atomic mass is 79.9. The van der Waals surface area contributed by atoms with Crippen molar-refractivity contribution in [3.8, 4) is 0 Å². The van der Waals surface area contributed by atoms with Gasteiger partial charge in [-0.15, -0.1) is 0 Å². The van der Waals surface area contributed by atoms with Crippen molar-refractivity contribution < 1.29 is 8.42 Å². The van der Waals surface area contributed by atoms with E-state index in [1.54, 1.807) is 28.6 Å². The van der Waals surface area contributed by atoms with Crippen LogP contribution in [-0.4, -0.2) is 24.8 Å². The Morgan fingerprint density at radius 2 is 1.68 bits per heavy atom. The first-order chi connectivity index (χ1) is 8.93. The molecule has 0 aliphatic heterocycles. The highest BCUT2D eigenvalue weighted by molar-refractivity contribution is 9.10. The first-order valence-corrected chi connectivity index (χ1v) is 8.95. The van der Waals surface area contributed by atoms with Crippen LogP contribution < -0.4 is 0 Å². The van der Waals surface area contributed by atoms with Gasteiger partial charge in [-0.05, 0) is 51.0 Å². The third-order valence-electron chi connectivity index (χ3n) is 3.58. The number of hydrogen-bond donors (Lipinski definition) is 0. The van der Waals surface area contributed by atoms with Crippen LogP contribution >= 0.6 is 15.9 Å². The summed E-state index contributed by atoms with van der Waals surface area (Å²) >= 11 is 3.34. The third-order valence-corrected chi connectivity index (χ3v) is 6.25. The van der Waals surface area contributed by atoms with E-state index in [2.05, 4.69) is 15.9 Å². The van der Waals surface area contributed by atoms with Crippen molar-refractivity contribution in [1.82, 2.24) is 4.31 Å². The van der Waals surface area contributed by atoms with E-state index in [4.69, 9.17) is 0 Å². The zero-order chi connectivity index (χ0) is 14.0. The molecule has 3 nitrogen and oxygen atoms in total. The molecule has 0 unspecified atom stereocenters. The fourth-order valence-electron chi connectivity index (χ4n) is 2.78. The van der Waals surface area contributed by atoms with Gasteiger partial charge in [-0.3, -0.25) is 0 Å². The van der Waals surface area contributed by atoms with Crippen molar-refractivity contribution in [2.75, 3.05) is 0 Å². The van der Waals surface area contributed by atoms with Crippen molar-refractivity contribution in [1.29, 1.82) is 0 Å². The van der Waals surface area contributed by atoms with Crippen LogP contribution in [0.2, 0.25) is 0 Å². The van der Waals surface area contributed by atoms with E-state index in [0.29, 0.717) is 4.90 Å². The van der Waals surface area contributed by atoms with Crippen LogP contribution in [0.3, 0.4) is 0 Å². The fourth-order valence-corrected chi connectivity index (χ4v) is 4.93. The normalized spacial score (nSPS) is 17.5. The Bertz CT molecular complexity index is 519. The van der Waals surface area contributed by atoms with Crippen molar-refractivity contribution >= 4 is 26.0 Å². The summed E-state index contributed by atoms with van der Waals surface area (Å²) in [4.78, 5) is 0.385. The number of halogens is 1. The van der Waals surface area contributed by atoms with Crippen molar-refractivity contribution in [3.63, 3.8) is 0 Å². The Hall–Kier alpha value is -0.390. The van der Waals surface area contributed by atoms with Crippen LogP contribution in [0.5, 0.6) is 0 Å². The van der Waals surface area contributed by atoms with Gasteiger partial charge in [0.05, 0.1) is 4.90 Å². The molecular formula is C14H20BrNO2S. The van der Waals surface area contributed by atoms with Crippen LogP contribution in [0.4, 0.5) is 0 Å². The molecule has 1 aromatic carbocycles. The number of nitrogens with zero attached hydrogens (tertiary/aromatic N) is 1. The molecule has 0 N–H and O–H groups in total. The standard InChI is InChI=1S/C14H20BrNO2S/c1-11(2)16(13-5-3-4-6-13)19(17,18)14-9-7-12(15)8-10-14/h7-11,13H,3-6H2,1-2H3. The second kappa shape index (κ2) is 5.94. The van der Waals surface area contributed by atoms with Crippen LogP contribution in [0.1, 0.15) is 39.5 Å². The van der Waals surface area contributed by atoms with Crippen molar-refractivity contribution in [2.45, 2.75) is 56.5 Å². The summed E-state index contributed by atoms with van der Waals surface area (Å²) in [7, 11) is -3.39. The minimum absolute atomic E-state index is 0.00301. The molecule has 0 radical (unpaired) electrons. The molecular weight excluding hydrogens is 326 g/mol. The molecule has 1 aromatic rings. The maximum atomic E-state index is 12.8. The van der Waals surface area contributed by atoms with E-state index in [9.17, 15) is 8.42 Å². The lowest BCUT2D eigenvalue weighted by Gasteiger charge is -2.31. The van der Waals surface area contributed by atoms with Gasteiger partial charge in [0.1, 0.15) is 0 Å². The van der Waals surface area contributed by atoms with Gasteiger partial charge in [0.25, 0.3) is 0 Å². The van der Waals surface area contributed by atoms with E-state index in [-0.39, 0.29) is 12.1 Å². The number of sulfonamides is 1. The molecule has 0 atom stereocenters. The zero-order valence-corrected chi connectivity index (χ0v) is 13.7. The van der Waals surface area contributed by atoms with Gasteiger partial charge in [-0.2, -0.15) is 4.31 Å². The Morgan fingerprint density at radius 1 is 1.16 bits per heavy atom. The Labute approximate surface area is 124 Å². The number of rotatable bonds is 4. The molecule has 106 valence electrons. The van der Waals surface area contributed by atoms with E-state index in [0.717, 1.165) is 30.2 Å². The summed E-state index contributed by atoms with van der Waals surface area (Å²) in [6, 6.07) is 7.05. The lowest BCUT2D eigenvalue weighted by atomic mass is 10.2. The van der Waals surface area contributed by atoms with Crippen LogP contribution in [0, 0.1) is 0 Å². The topological polar surface area (TPSA) is 37.4 Å². The molecule has 0 heterocycles. The average molecular weight is 346 g/mol. The van der Waals surface area contributed by atoms with Gasteiger partial charge in [-0.1, -0.05) is 28.8 Å². The van der Waals surface area contributed by atoms with Crippen molar-refractivity contribution in [2.24, 2.45) is 0 Å². The van der Waals surface area contributed by atoms with Crippen LogP contribution in [-0.2, 0) is 10.0 Å². The number of hydrogen-bond acceptors (Lipinski definition) is 2. The summed E-state index contributed by atoms with van der Waals surface area (Å²) in [6.45, 7) is 3.91. The quantitative estimate of drug-likeness (QED) is 0.832. The molecule has 0 aromatic heterocycles. The predicted octanol–water partition coefficient (Wildman–Crippen LogP) is 3.79. The van der Waals surface area contributed by atoms with Gasteiger partial charge in [0.2, 0.25) is 10.0 Å². The first-order valence-electron chi connectivity index (χ1n) is 6.72. The van der Waals surface area contributed by atoms with E-state index in [1.165, 1.54) is 0 Å². The SMILES string of the molecule is CC(C)N(C1CCCC1)S(=O)(=O)c1ccc(Br)cc1. The van der Waals surface area contributed by atoms with Gasteiger partial charge in [0.15, 0.2) is 0 Å². The molecule has 0 bridgehead atoms. The fraction of sp³-hybridized carbons (Fsp3) is 0.571. The summed E-state index contributed by atoms with van der Waals surface area (Å²) in [6.07, 6.45) is 4.22. The minimum atomic E-state index is -3.39. The summed E-state index contributed by atoms with van der Waals surface area (Å²) in [5.74, 6) is 0. The second-order valence-corrected chi connectivity index (χ2v) is 8.08. The maximum Gasteiger partial charge on any atom is 0.243 e. The van der Waals surface area contributed by atoms with E-state index < -0.39 is 10.0 Å². The summed E-state index contributed by atoms with van der Waals surface area (Å²) < 4.78 is 28.2. The molecule has 5 heteroatoms. The third kappa shape index (κ3) is 3.20. The lowest BCUT2D eigenvalue weighted by Crippen LogP contribution is -2.43. The van der Waals surface area contributed by atoms with E-state index in [1.807, 2.05) is 13.8 Å².